The van der Waals surface area contributed by atoms with E-state index in [1.54, 1.807) is 0 Å². The van der Waals surface area contributed by atoms with Crippen molar-refractivity contribution in [1.29, 1.82) is 0 Å². The molecule has 0 aromatic carbocycles. The maximum absolute atomic E-state index is 12.6. The molecule has 0 fully saturated rings. The van der Waals surface area contributed by atoms with E-state index in [4.69, 9.17) is 4.52 Å². The van der Waals surface area contributed by atoms with Crippen LogP contribution in [0.1, 0.15) is 38.0 Å². The van der Waals surface area contributed by atoms with Crippen LogP contribution in [-0.2, 0) is 18.1 Å². The summed E-state index contributed by atoms with van der Waals surface area (Å²) >= 11 is 0. The van der Waals surface area contributed by atoms with E-state index in [1.165, 1.54) is 0 Å². The third kappa shape index (κ3) is 3.50. The molecular formula is C13H14F3N3O2. The van der Waals surface area contributed by atoms with E-state index in [0.717, 1.165) is 22.9 Å². The van der Waals surface area contributed by atoms with Gasteiger partial charge in [0.1, 0.15) is 0 Å². The highest BCUT2D eigenvalue weighted by molar-refractivity contribution is 5.14. The molecule has 0 saturated carbocycles. The van der Waals surface area contributed by atoms with Crippen molar-refractivity contribution in [3.63, 3.8) is 0 Å². The molecule has 0 amide bonds. The Labute approximate surface area is 118 Å². The minimum atomic E-state index is -4.51. The second kappa shape index (κ2) is 5.01. The normalized spacial score (nSPS) is 12.7. The summed E-state index contributed by atoms with van der Waals surface area (Å²) in [6, 6.07) is 1.61. The topological polar surface area (TPSA) is 60.9 Å². The first kappa shape index (κ1) is 15.3. The van der Waals surface area contributed by atoms with Crippen molar-refractivity contribution in [3.05, 3.63) is 46.0 Å². The van der Waals surface area contributed by atoms with Gasteiger partial charge >= 0.3 is 6.18 Å². The Morgan fingerprint density at radius 1 is 1.24 bits per heavy atom. The van der Waals surface area contributed by atoms with Crippen molar-refractivity contribution in [2.75, 3.05) is 0 Å². The molecule has 0 radical (unpaired) electrons. The van der Waals surface area contributed by atoms with E-state index in [9.17, 15) is 18.0 Å². The third-order valence-corrected chi connectivity index (χ3v) is 2.73. The van der Waals surface area contributed by atoms with Crippen molar-refractivity contribution in [3.8, 4) is 0 Å². The molecule has 2 heterocycles. The highest BCUT2D eigenvalue weighted by Gasteiger charge is 2.31. The first-order chi connectivity index (χ1) is 9.57. The first-order valence-corrected chi connectivity index (χ1v) is 6.18. The zero-order valence-electron chi connectivity index (χ0n) is 11.7. The minimum absolute atomic E-state index is 0.154. The largest absolute Gasteiger partial charge is 0.417 e. The van der Waals surface area contributed by atoms with Gasteiger partial charge in [0.2, 0.25) is 5.89 Å². The predicted molar refractivity (Wildman–Crippen MR) is 67.8 cm³/mol. The summed E-state index contributed by atoms with van der Waals surface area (Å²) in [7, 11) is 0. The van der Waals surface area contributed by atoms with Gasteiger partial charge in [0, 0.05) is 17.7 Å². The standard InChI is InChI=1S/C13H14F3N3O2/c1-12(2,3)11-17-9(18-21-11)7-19-6-8(13(14,15)16)4-5-10(19)20/h4-6H,7H2,1-3H3. The van der Waals surface area contributed by atoms with Crippen LogP contribution in [0.2, 0.25) is 0 Å². The highest BCUT2D eigenvalue weighted by Crippen LogP contribution is 2.28. The molecule has 0 bridgehead atoms. The van der Waals surface area contributed by atoms with Gasteiger partial charge in [-0.05, 0) is 6.07 Å². The Hall–Kier alpha value is -2.12. The lowest BCUT2D eigenvalue weighted by Crippen LogP contribution is -2.22. The van der Waals surface area contributed by atoms with Crippen LogP contribution in [0, 0.1) is 0 Å². The molecule has 2 aromatic rings. The molecule has 0 spiro atoms. The van der Waals surface area contributed by atoms with Crippen LogP contribution in [0.5, 0.6) is 0 Å². The Kier molecular flexibility index (Phi) is 3.65. The Morgan fingerprint density at radius 2 is 1.90 bits per heavy atom. The lowest BCUT2D eigenvalue weighted by Gasteiger charge is -2.10. The summed E-state index contributed by atoms with van der Waals surface area (Å²) in [5.41, 5.74) is -1.84. The molecule has 0 aliphatic carbocycles. The van der Waals surface area contributed by atoms with Gasteiger partial charge in [-0.2, -0.15) is 18.2 Å². The quantitative estimate of drug-likeness (QED) is 0.855. The molecule has 2 aromatic heterocycles. The summed E-state index contributed by atoms with van der Waals surface area (Å²) in [6.07, 6.45) is -3.77. The lowest BCUT2D eigenvalue weighted by atomic mass is 9.97. The molecule has 114 valence electrons. The summed E-state index contributed by atoms with van der Waals surface area (Å²) in [5, 5.41) is 3.68. The molecule has 0 saturated heterocycles. The van der Waals surface area contributed by atoms with Gasteiger partial charge in [0.25, 0.3) is 5.56 Å². The van der Waals surface area contributed by atoms with E-state index in [1.807, 2.05) is 20.8 Å². The number of pyridine rings is 1. The van der Waals surface area contributed by atoms with Crippen LogP contribution in [0.3, 0.4) is 0 Å². The average Bonchev–Trinajstić information content (AvgIpc) is 2.79. The summed E-state index contributed by atoms with van der Waals surface area (Å²) < 4.78 is 43.8. The number of rotatable bonds is 2. The van der Waals surface area contributed by atoms with Gasteiger partial charge in [0.15, 0.2) is 5.82 Å². The highest BCUT2D eigenvalue weighted by atomic mass is 19.4. The van der Waals surface area contributed by atoms with E-state index < -0.39 is 17.3 Å². The summed E-state index contributed by atoms with van der Waals surface area (Å²) in [4.78, 5) is 15.7. The van der Waals surface area contributed by atoms with Crippen molar-refractivity contribution < 1.29 is 17.7 Å². The zero-order chi connectivity index (χ0) is 15.8. The van der Waals surface area contributed by atoms with Crippen molar-refractivity contribution in [1.82, 2.24) is 14.7 Å². The smallest absolute Gasteiger partial charge is 0.339 e. The maximum Gasteiger partial charge on any atom is 0.417 e. The number of nitrogens with zero attached hydrogens (tertiary/aromatic N) is 3. The van der Waals surface area contributed by atoms with Crippen molar-refractivity contribution in [2.24, 2.45) is 0 Å². The molecule has 5 nitrogen and oxygen atoms in total. The minimum Gasteiger partial charge on any atom is -0.339 e. The summed E-state index contributed by atoms with van der Waals surface area (Å²) in [6.45, 7) is 5.41. The van der Waals surface area contributed by atoms with Crippen LogP contribution in [0.15, 0.2) is 27.6 Å². The summed E-state index contributed by atoms with van der Waals surface area (Å²) in [5.74, 6) is 0.513. The van der Waals surface area contributed by atoms with Crippen LogP contribution in [0.25, 0.3) is 0 Å². The van der Waals surface area contributed by atoms with Crippen LogP contribution in [0.4, 0.5) is 13.2 Å². The number of alkyl halides is 3. The van der Waals surface area contributed by atoms with Crippen molar-refractivity contribution in [2.45, 2.75) is 38.9 Å². The van der Waals surface area contributed by atoms with Gasteiger partial charge in [-0.25, -0.2) is 0 Å². The van der Waals surface area contributed by atoms with Gasteiger partial charge in [-0.15, -0.1) is 0 Å². The third-order valence-electron chi connectivity index (χ3n) is 2.73. The number of hydrogen-bond acceptors (Lipinski definition) is 4. The van der Waals surface area contributed by atoms with E-state index in [2.05, 4.69) is 10.1 Å². The van der Waals surface area contributed by atoms with Gasteiger partial charge in [-0.3, -0.25) is 4.79 Å². The number of hydrogen-bond donors (Lipinski definition) is 0. The number of aromatic nitrogens is 3. The SMILES string of the molecule is CC(C)(C)c1nc(Cn2cc(C(F)(F)F)ccc2=O)no1. The second-order valence-electron chi connectivity index (χ2n) is 5.65. The second-order valence-corrected chi connectivity index (χ2v) is 5.65. The van der Waals surface area contributed by atoms with E-state index in [-0.39, 0.29) is 17.8 Å². The molecule has 0 unspecified atom stereocenters. The van der Waals surface area contributed by atoms with Crippen LogP contribution in [-0.4, -0.2) is 14.7 Å². The zero-order valence-corrected chi connectivity index (χ0v) is 11.7. The van der Waals surface area contributed by atoms with Crippen LogP contribution >= 0.6 is 0 Å². The molecule has 0 aliphatic rings. The number of halogens is 3. The lowest BCUT2D eigenvalue weighted by molar-refractivity contribution is -0.138. The molecule has 8 heteroatoms. The average molecular weight is 301 g/mol. The van der Waals surface area contributed by atoms with Crippen LogP contribution < -0.4 is 5.56 Å². The predicted octanol–water partition coefficient (Wildman–Crippen LogP) is 2.60. The maximum atomic E-state index is 12.6. The fourth-order valence-electron chi connectivity index (χ4n) is 1.60. The Morgan fingerprint density at radius 3 is 2.43 bits per heavy atom. The Bertz CT molecular complexity index is 696. The molecule has 0 N–H and O–H groups in total. The molecule has 0 aliphatic heterocycles. The first-order valence-electron chi connectivity index (χ1n) is 6.18. The van der Waals surface area contributed by atoms with Gasteiger partial charge < -0.3 is 9.09 Å². The fourth-order valence-corrected chi connectivity index (χ4v) is 1.60. The monoisotopic (exact) mass is 301 g/mol. The van der Waals surface area contributed by atoms with E-state index in [0.29, 0.717) is 5.89 Å². The van der Waals surface area contributed by atoms with E-state index >= 15 is 0 Å². The molecule has 2 rings (SSSR count). The van der Waals surface area contributed by atoms with Gasteiger partial charge in [-0.1, -0.05) is 25.9 Å². The fraction of sp³-hybridized carbons (Fsp3) is 0.462. The molecule has 21 heavy (non-hydrogen) atoms. The van der Waals surface area contributed by atoms with Crippen molar-refractivity contribution >= 4 is 0 Å². The molecular weight excluding hydrogens is 287 g/mol. The molecule has 0 atom stereocenters. The van der Waals surface area contributed by atoms with Gasteiger partial charge in [0.05, 0.1) is 12.1 Å². The Balaban J connectivity index is 2.31.